The minimum absolute atomic E-state index is 0.205. The molecule has 28 heavy (non-hydrogen) atoms. The number of hydrogen-bond acceptors (Lipinski definition) is 4. The van der Waals surface area contributed by atoms with Gasteiger partial charge in [-0.15, -0.1) is 0 Å². The summed E-state index contributed by atoms with van der Waals surface area (Å²) in [5.74, 6) is -0.192. The summed E-state index contributed by atoms with van der Waals surface area (Å²) in [6.45, 7) is 3.57. The van der Waals surface area contributed by atoms with Gasteiger partial charge < -0.3 is 10.0 Å². The fourth-order valence-corrected chi connectivity index (χ4v) is 5.58. The van der Waals surface area contributed by atoms with Crippen molar-refractivity contribution in [2.75, 3.05) is 26.2 Å². The fraction of sp³-hybridized carbons (Fsp3) is 0.682. The van der Waals surface area contributed by atoms with Crippen LogP contribution in [0.2, 0.25) is 0 Å². The Balaban J connectivity index is 1.37. The molecule has 3 fully saturated rings. The normalized spacial score (nSPS) is 25.4. The van der Waals surface area contributed by atoms with Gasteiger partial charge in [0, 0.05) is 57.0 Å². The predicted molar refractivity (Wildman–Crippen MR) is 105 cm³/mol. The van der Waals surface area contributed by atoms with E-state index in [0.717, 1.165) is 25.9 Å². The smallest absolute Gasteiger partial charge is 0.308 e. The zero-order valence-corrected chi connectivity index (χ0v) is 16.6. The Kier molecular flexibility index (Phi) is 5.67. The molecular weight excluding hydrogens is 354 g/mol. The quantitative estimate of drug-likeness (QED) is 0.844. The highest BCUT2D eigenvalue weighted by Crippen LogP contribution is 2.45. The number of hydrogen-bond donors (Lipinski definition) is 1. The molecule has 1 aliphatic carbocycles. The summed E-state index contributed by atoms with van der Waals surface area (Å²) in [4.78, 5) is 33.0. The number of carboxylic acid groups (broad SMARTS) is 1. The SMILES string of the molecule is O=C(O)C1CN(Cc2ccncc2)CC12CCN(C(=O)CC1CCCC1)CC2. The van der Waals surface area contributed by atoms with Crippen molar-refractivity contribution in [2.45, 2.75) is 51.5 Å². The number of amides is 1. The van der Waals surface area contributed by atoms with Gasteiger partial charge in [-0.1, -0.05) is 12.8 Å². The average Bonchev–Trinajstić information content (AvgIpc) is 3.31. The fourth-order valence-electron chi connectivity index (χ4n) is 5.58. The molecule has 152 valence electrons. The van der Waals surface area contributed by atoms with Crippen LogP contribution in [0, 0.1) is 17.3 Å². The van der Waals surface area contributed by atoms with E-state index >= 15 is 0 Å². The first kappa shape index (κ1) is 19.4. The Morgan fingerprint density at radius 3 is 2.46 bits per heavy atom. The van der Waals surface area contributed by atoms with Crippen LogP contribution in [0.1, 0.15) is 50.5 Å². The number of aliphatic carboxylic acids is 1. The van der Waals surface area contributed by atoms with Crippen molar-refractivity contribution < 1.29 is 14.7 Å². The Bertz CT molecular complexity index is 694. The molecule has 1 spiro atoms. The first-order chi connectivity index (χ1) is 13.6. The maximum Gasteiger partial charge on any atom is 0.308 e. The number of rotatable bonds is 5. The van der Waals surface area contributed by atoms with Crippen molar-refractivity contribution >= 4 is 11.9 Å². The number of carbonyl (C=O) groups is 2. The number of nitrogens with zero attached hydrogens (tertiary/aromatic N) is 3. The van der Waals surface area contributed by atoms with E-state index in [4.69, 9.17) is 0 Å². The highest BCUT2D eigenvalue weighted by Gasteiger charge is 2.51. The highest BCUT2D eigenvalue weighted by molar-refractivity contribution is 5.77. The molecule has 1 amide bonds. The topological polar surface area (TPSA) is 73.7 Å². The number of carboxylic acids is 1. The van der Waals surface area contributed by atoms with Crippen LogP contribution < -0.4 is 0 Å². The van der Waals surface area contributed by atoms with E-state index in [1.807, 2.05) is 17.0 Å². The molecule has 0 bridgehead atoms. The molecule has 0 aromatic carbocycles. The summed E-state index contributed by atoms with van der Waals surface area (Å²) in [6.07, 6.45) is 10.7. The second kappa shape index (κ2) is 8.19. The molecule has 1 N–H and O–H groups in total. The van der Waals surface area contributed by atoms with Gasteiger partial charge in [0.05, 0.1) is 5.92 Å². The molecule has 1 unspecified atom stereocenters. The predicted octanol–water partition coefficient (Wildman–Crippen LogP) is 2.79. The molecule has 4 rings (SSSR count). The van der Waals surface area contributed by atoms with Gasteiger partial charge in [0.25, 0.3) is 0 Å². The number of likely N-dealkylation sites (tertiary alicyclic amines) is 2. The third-order valence-electron chi connectivity index (χ3n) is 7.22. The lowest BCUT2D eigenvalue weighted by molar-refractivity contribution is -0.146. The summed E-state index contributed by atoms with van der Waals surface area (Å²) >= 11 is 0. The zero-order chi connectivity index (χ0) is 19.6. The van der Waals surface area contributed by atoms with E-state index in [9.17, 15) is 14.7 Å². The number of carbonyl (C=O) groups excluding carboxylic acids is 1. The summed E-state index contributed by atoms with van der Waals surface area (Å²) in [5, 5.41) is 9.86. The second-order valence-corrected chi connectivity index (χ2v) is 9.01. The summed E-state index contributed by atoms with van der Waals surface area (Å²) < 4.78 is 0. The molecule has 6 heteroatoms. The van der Waals surface area contributed by atoms with Gasteiger partial charge in [-0.2, -0.15) is 0 Å². The Morgan fingerprint density at radius 1 is 1.14 bits per heavy atom. The number of piperidine rings is 1. The van der Waals surface area contributed by atoms with E-state index in [1.54, 1.807) is 12.4 Å². The summed E-state index contributed by atoms with van der Waals surface area (Å²) in [7, 11) is 0. The molecular formula is C22H31N3O3. The minimum Gasteiger partial charge on any atom is -0.481 e. The van der Waals surface area contributed by atoms with Crippen LogP contribution in [-0.2, 0) is 16.1 Å². The van der Waals surface area contributed by atoms with E-state index in [2.05, 4.69) is 9.88 Å². The summed E-state index contributed by atoms with van der Waals surface area (Å²) in [5.41, 5.74) is 0.962. The Hall–Kier alpha value is -1.95. The standard InChI is InChI=1S/C22H31N3O3/c26-20(13-17-3-1-2-4-17)25-11-7-22(8-12-25)16-24(15-19(22)21(27)28)14-18-5-9-23-10-6-18/h5-6,9-10,17,19H,1-4,7-8,11-16H2,(H,27,28). The van der Waals surface area contributed by atoms with Gasteiger partial charge in [0.15, 0.2) is 0 Å². The maximum atomic E-state index is 12.7. The van der Waals surface area contributed by atoms with Gasteiger partial charge in [0.2, 0.25) is 5.91 Å². The second-order valence-electron chi connectivity index (χ2n) is 9.01. The van der Waals surface area contributed by atoms with E-state index in [0.29, 0.717) is 32.0 Å². The van der Waals surface area contributed by atoms with E-state index in [1.165, 1.54) is 31.2 Å². The lowest BCUT2D eigenvalue weighted by Crippen LogP contribution is -2.48. The number of pyridine rings is 1. The molecule has 1 aromatic rings. The van der Waals surface area contributed by atoms with Gasteiger partial charge in [-0.25, -0.2) is 0 Å². The van der Waals surface area contributed by atoms with E-state index in [-0.39, 0.29) is 17.2 Å². The molecule has 1 saturated carbocycles. The summed E-state index contributed by atoms with van der Waals surface area (Å²) in [6, 6.07) is 3.98. The average molecular weight is 386 g/mol. The molecule has 6 nitrogen and oxygen atoms in total. The first-order valence-electron chi connectivity index (χ1n) is 10.7. The Labute approximate surface area is 166 Å². The van der Waals surface area contributed by atoms with Gasteiger partial charge >= 0.3 is 5.97 Å². The van der Waals surface area contributed by atoms with Crippen molar-refractivity contribution in [1.29, 1.82) is 0 Å². The molecule has 0 radical (unpaired) electrons. The van der Waals surface area contributed by atoms with Crippen molar-refractivity contribution in [3.05, 3.63) is 30.1 Å². The lowest BCUT2D eigenvalue weighted by atomic mass is 9.70. The van der Waals surface area contributed by atoms with Crippen molar-refractivity contribution in [3.8, 4) is 0 Å². The van der Waals surface area contributed by atoms with Crippen molar-refractivity contribution in [3.63, 3.8) is 0 Å². The molecule has 2 saturated heterocycles. The van der Waals surface area contributed by atoms with Crippen LogP contribution in [-0.4, -0.2) is 57.9 Å². The van der Waals surface area contributed by atoms with Gasteiger partial charge in [-0.3, -0.25) is 19.5 Å². The number of aromatic nitrogens is 1. The van der Waals surface area contributed by atoms with Crippen LogP contribution in [0.4, 0.5) is 0 Å². The monoisotopic (exact) mass is 385 g/mol. The van der Waals surface area contributed by atoms with Crippen LogP contribution in [0.15, 0.2) is 24.5 Å². The molecule has 3 heterocycles. The minimum atomic E-state index is -0.692. The zero-order valence-electron chi connectivity index (χ0n) is 16.6. The highest BCUT2D eigenvalue weighted by atomic mass is 16.4. The third kappa shape index (κ3) is 4.07. The lowest BCUT2D eigenvalue weighted by Gasteiger charge is -2.41. The van der Waals surface area contributed by atoms with Crippen molar-refractivity contribution in [1.82, 2.24) is 14.8 Å². The van der Waals surface area contributed by atoms with Gasteiger partial charge in [0.1, 0.15) is 0 Å². The van der Waals surface area contributed by atoms with Gasteiger partial charge in [-0.05, 0) is 49.3 Å². The largest absolute Gasteiger partial charge is 0.481 e. The molecule has 1 aromatic heterocycles. The maximum absolute atomic E-state index is 12.7. The Morgan fingerprint density at radius 2 is 1.82 bits per heavy atom. The van der Waals surface area contributed by atoms with Crippen LogP contribution in [0.5, 0.6) is 0 Å². The first-order valence-corrected chi connectivity index (χ1v) is 10.7. The molecule has 2 aliphatic heterocycles. The van der Waals surface area contributed by atoms with Crippen LogP contribution >= 0.6 is 0 Å². The van der Waals surface area contributed by atoms with Crippen LogP contribution in [0.3, 0.4) is 0 Å². The molecule has 3 aliphatic rings. The van der Waals surface area contributed by atoms with Crippen LogP contribution in [0.25, 0.3) is 0 Å². The van der Waals surface area contributed by atoms with E-state index < -0.39 is 5.97 Å². The third-order valence-corrected chi connectivity index (χ3v) is 7.22. The van der Waals surface area contributed by atoms with Crippen molar-refractivity contribution in [2.24, 2.45) is 17.3 Å². The molecule has 1 atom stereocenters.